The molecule has 0 fully saturated rings. The molecule has 0 amide bonds. The van der Waals surface area contributed by atoms with Gasteiger partial charge < -0.3 is 15.1 Å². The molecule has 0 aliphatic rings. The van der Waals surface area contributed by atoms with Crippen LogP contribution in [0.25, 0.3) is 0 Å². The van der Waals surface area contributed by atoms with Crippen molar-refractivity contribution in [3.63, 3.8) is 0 Å². The molecule has 2 atom stereocenters. The van der Waals surface area contributed by atoms with Crippen LogP contribution in [-0.2, 0) is 4.79 Å². The van der Waals surface area contributed by atoms with E-state index in [-0.39, 0.29) is 17.7 Å². The van der Waals surface area contributed by atoms with E-state index in [1.54, 1.807) is 6.92 Å². The van der Waals surface area contributed by atoms with E-state index in [0.717, 1.165) is 5.57 Å². The summed E-state index contributed by atoms with van der Waals surface area (Å²) in [6.07, 6.45) is 0. The average molecular weight is 239 g/mol. The molecule has 5 heteroatoms. The Morgan fingerprint density at radius 3 is 2.18 bits per heavy atom. The second-order valence-corrected chi connectivity index (χ2v) is 4.18. The third-order valence-electron chi connectivity index (χ3n) is 2.88. The molecule has 1 heterocycles. The number of nitrogens with zero attached hydrogens (tertiary/aromatic N) is 1. The van der Waals surface area contributed by atoms with Crippen molar-refractivity contribution in [2.45, 2.75) is 20.8 Å². The molecule has 5 nitrogen and oxygen atoms in total. The van der Waals surface area contributed by atoms with Gasteiger partial charge in [-0.3, -0.25) is 0 Å². The van der Waals surface area contributed by atoms with Crippen molar-refractivity contribution in [2.24, 2.45) is 11.8 Å². The van der Waals surface area contributed by atoms with Crippen molar-refractivity contribution in [3.05, 3.63) is 24.3 Å². The molecule has 0 bridgehead atoms. The van der Waals surface area contributed by atoms with E-state index in [9.17, 15) is 15.0 Å². The number of hydrogen-bond donors (Lipinski definition) is 2. The van der Waals surface area contributed by atoms with E-state index in [0.29, 0.717) is 4.73 Å². The highest BCUT2D eigenvalue weighted by Gasteiger charge is 2.24. The fraction of sp³-hybridized carbons (Fsp3) is 0.417. The van der Waals surface area contributed by atoms with Gasteiger partial charge in [0.05, 0.1) is 5.92 Å². The molecule has 2 unspecified atom stereocenters. The maximum atomic E-state index is 11.8. The first-order valence-corrected chi connectivity index (χ1v) is 5.31. The monoisotopic (exact) mass is 239 g/mol. The molecular formula is C12H17NO4. The molecule has 17 heavy (non-hydrogen) atoms. The molecule has 0 radical (unpaired) electrons. The largest absolute Gasteiger partial charge is 0.492 e. The number of aromatic hydroxyl groups is 2. The minimum absolute atomic E-state index is 0.0395. The zero-order valence-corrected chi connectivity index (χ0v) is 10.2. The summed E-state index contributed by atoms with van der Waals surface area (Å²) in [6, 6.07) is 2.46. The number of hydrogen-bond acceptors (Lipinski definition) is 4. The van der Waals surface area contributed by atoms with Gasteiger partial charge in [-0.05, 0) is 12.8 Å². The normalized spacial score (nSPS) is 14.1. The summed E-state index contributed by atoms with van der Waals surface area (Å²) in [6.45, 7) is 9.18. The van der Waals surface area contributed by atoms with Crippen molar-refractivity contribution in [3.8, 4) is 11.8 Å². The number of rotatable bonds is 4. The fourth-order valence-electron chi connectivity index (χ4n) is 1.30. The molecule has 0 saturated heterocycles. The molecule has 0 aliphatic heterocycles. The van der Waals surface area contributed by atoms with Gasteiger partial charge in [-0.25, -0.2) is 4.79 Å². The Balaban J connectivity index is 2.76. The zero-order chi connectivity index (χ0) is 13.2. The first-order chi connectivity index (χ1) is 7.84. The van der Waals surface area contributed by atoms with Crippen molar-refractivity contribution in [2.75, 3.05) is 0 Å². The van der Waals surface area contributed by atoms with Gasteiger partial charge in [0.25, 0.3) is 0 Å². The Hall–Kier alpha value is -1.91. The van der Waals surface area contributed by atoms with Crippen molar-refractivity contribution >= 4 is 5.97 Å². The van der Waals surface area contributed by atoms with E-state index in [2.05, 4.69) is 6.58 Å². The minimum Gasteiger partial charge on any atom is -0.492 e. The van der Waals surface area contributed by atoms with Crippen LogP contribution in [0.3, 0.4) is 0 Å². The van der Waals surface area contributed by atoms with Crippen LogP contribution < -0.4 is 4.84 Å². The summed E-state index contributed by atoms with van der Waals surface area (Å²) in [5.74, 6) is -1.64. The van der Waals surface area contributed by atoms with Crippen LogP contribution in [0.15, 0.2) is 24.3 Å². The number of carbonyl (C=O) groups is 1. The van der Waals surface area contributed by atoms with Gasteiger partial charge in [0.2, 0.25) is 11.8 Å². The maximum absolute atomic E-state index is 11.8. The minimum atomic E-state index is -0.540. The van der Waals surface area contributed by atoms with Gasteiger partial charge in [-0.15, -0.1) is 4.73 Å². The van der Waals surface area contributed by atoms with E-state index in [4.69, 9.17) is 4.84 Å². The zero-order valence-electron chi connectivity index (χ0n) is 10.2. The lowest BCUT2D eigenvalue weighted by atomic mass is 9.91. The van der Waals surface area contributed by atoms with E-state index < -0.39 is 11.9 Å². The number of aromatic nitrogens is 1. The third-order valence-corrected chi connectivity index (χ3v) is 2.88. The quantitative estimate of drug-likeness (QED) is 0.784. The predicted octanol–water partition coefficient (Wildman–Crippen LogP) is 1.70. The van der Waals surface area contributed by atoms with Gasteiger partial charge in [0.15, 0.2) is 0 Å². The Labute approximate surface area is 99.9 Å². The second-order valence-electron chi connectivity index (χ2n) is 4.18. The molecule has 1 aromatic heterocycles. The average Bonchev–Trinajstić information content (AvgIpc) is 2.58. The fourth-order valence-corrected chi connectivity index (χ4v) is 1.30. The first-order valence-electron chi connectivity index (χ1n) is 5.31. The lowest BCUT2D eigenvalue weighted by Crippen LogP contribution is -2.29. The van der Waals surface area contributed by atoms with Gasteiger partial charge in [0.1, 0.15) is 0 Å². The molecular weight excluding hydrogens is 222 g/mol. The second kappa shape index (κ2) is 4.95. The molecule has 94 valence electrons. The summed E-state index contributed by atoms with van der Waals surface area (Å²) in [5.41, 5.74) is 0.871. The van der Waals surface area contributed by atoms with Crippen LogP contribution in [0.5, 0.6) is 11.8 Å². The maximum Gasteiger partial charge on any atom is 0.336 e. The molecule has 1 aromatic rings. The standard InChI is InChI=1S/C12H17NO4/c1-7(2)8(3)9(4)12(16)17-13-10(14)5-6-11(13)15/h5-6,8-9,14-15H,1H2,2-4H3. The first kappa shape index (κ1) is 13.2. The van der Waals surface area contributed by atoms with E-state index in [1.165, 1.54) is 12.1 Å². The van der Waals surface area contributed by atoms with Crippen molar-refractivity contribution in [1.82, 2.24) is 4.73 Å². The molecule has 1 rings (SSSR count). The van der Waals surface area contributed by atoms with Crippen LogP contribution in [0.1, 0.15) is 20.8 Å². The lowest BCUT2D eigenvalue weighted by molar-refractivity contribution is -0.151. The highest BCUT2D eigenvalue weighted by atomic mass is 16.7. The summed E-state index contributed by atoms with van der Waals surface area (Å²) in [5, 5.41) is 18.6. The summed E-state index contributed by atoms with van der Waals surface area (Å²) >= 11 is 0. The molecule has 0 aromatic carbocycles. The Bertz CT molecular complexity index is 416. The summed E-state index contributed by atoms with van der Waals surface area (Å²) < 4.78 is 0.684. The number of carbonyl (C=O) groups excluding carboxylic acids is 1. The van der Waals surface area contributed by atoms with Gasteiger partial charge in [-0.1, -0.05) is 26.0 Å². The number of allylic oxidation sites excluding steroid dienone is 1. The smallest absolute Gasteiger partial charge is 0.336 e. The SMILES string of the molecule is C=C(C)C(C)C(C)C(=O)On1c(O)ccc1O. The highest BCUT2D eigenvalue weighted by molar-refractivity contribution is 5.73. The lowest BCUT2D eigenvalue weighted by Gasteiger charge is -2.18. The molecule has 0 spiro atoms. The predicted molar refractivity (Wildman–Crippen MR) is 62.5 cm³/mol. The Morgan fingerprint density at radius 2 is 1.76 bits per heavy atom. The van der Waals surface area contributed by atoms with E-state index in [1.807, 2.05) is 13.8 Å². The highest BCUT2D eigenvalue weighted by Crippen LogP contribution is 2.22. The van der Waals surface area contributed by atoms with Crippen LogP contribution in [0.2, 0.25) is 0 Å². The third kappa shape index (κ3) is 2.81. The van der Waals surface area contributed by atoms with Crippen LogP contribution >= 0.6 is 0 Å². The van der Waals surface area contributed by atoms with Gasteiger partial charge >= 0.3 is 5.97 Å². The molecule has 0 aliphatic carbocycles. The van der Waals surface area contributed by atoms with Gasteiger partial charge in [0, 0.05) is 12.1 Å². The van der Waals surface area contributed by atoms with Crippen molar-refractivity contribution < 1.29 is 19.8 Å². The van der Waals surface area contributed by atoms with Gasteiger partial charge in [-0.2, -0.15) is 0 Å². The van der Waals surface area contributed by atoms with Crippen molar-refractivity contribution in [1.29, 1.82) is 0 Å². The van der Waals surface area contributed by atoms with E-state index >= 15 is 0 Å². The topological polar surface area (TPSA) is 71.7 Å². The van der Waals surface area contributed by atoms with Crippen LogP contribution in [-0.4, -0.2) is 20.9 Å². The Kier molecular flexibility index (Phi) is 3.83. The van der Waals surface area contributed by atoms with Crippen LogP contribution in [0, 0.1) is 11.8 Å². The molecule has 0 saturated carbocycles. The summed E-state index contributed by atoms with van der Waals surface area (Å²) in [7, 11) is 0. The Morgan fingerprint density at radius 1 is 1.29 bits per heavy atom. The summed E-state index contributed by atoms with van der Waals surface area (Å²) in [4.78, 5) is 16.6. The van der Waals surface area contributed by atoms with Crippen LogP contribution in [0.4, 0.5) is 0 Å². The molecule has 2 N–H and O–H groups in total.